The van der Waals surface area contributed by atoms with Crippen molar-refractivity contribution in [3.63, 3.8) is 0 Å². The maximum Gasteiger partial charge on any atom is 0.253 e. The summed E-state index contributed by atoms with van der Waals surface area (Å²) in [4.78, 5) is 27.8. The minimum atomic E-state index is -0.107. The van der Waals surface area contributed by atoms with Gasteiger partial charge in [0.1, 0.15) is 5.75 Å². The molecule has 0 bridgehead atoms. The Morgan fingerprint density at radius 2 is 1.90 bits per heavy atom. The molecule has 0 aromatic heterocycles. The van der Waals surface area contributed by atoms with Crippen molar-refractivity contribution in [3.05, 3.63) is 53.6 Å². The van der Waals surface area contributed by atoms with Crippen LogP contribution in [0.5, 0.6) is 5.75 Å². The van der Waals surface area contributed by atoms with Crippen molar-refractivity contribution in [3.8, 4) is 5.75 Å². The molecule has 6 heteroatoms. The Hall–Kier alpha value is -2.47. The van der Waals surface area contributed by atoms with Gasteiger partial charge in [0.15, 0.2) is 0 Å². The molecule has 2 aliphatic rings. The van der Waals surface area contributed by atoms with Crippen LogP contribution in [0.3, 0.4) is 0 Å². The van der Waals surface area contributed by atoms with Gasteiger partial charge in [-0.3, -0.25) is 9.59 Å². The molecule has 0 aliphatic carbocycles. The average molecular weight is 411 g/mol. The normalized spacial score (nSPS) is 19.6. The Morgan fingerprint density at radius 1 is 1.17 bits per heavy atom. The monoisotopic (exact) mass is 410 g/mol. The molecule has 5 nitrogen and oxygen atoms in total. The number of aryl methyl sites for hydroxylation is 1. The van der Waals surface area contributed by atoms with Gasteiger partial charge < -0.3 is 15.3 Å². The van der Waals surface area contributed by atoms with E-state index in [1.165, 1.54) is 17.3 Å². The number of anilines is 1. The lowest BCUT2D eigenvalue weighted by atomic mass is 9.90. The van der Waals surface area contributed by atoms with Crippen LogP contribution in [-0.2, 0) is 11.2 Å². The molecule has 1 saturated heterocycles. The summed E-state index contributed by atoms with van der Waals surface area (Å²) >= 11 is 1.53. The van der Waals surface area contributed by atoms with Gasteiger partial charge in [-0.2, -0.15) is 0 Å². The summed E-state index contributed by atoms with van der Waals surface area (Å²) in [7, 11) is 0. The summed E-state index contributed by atoms with van der Waals surface area (Å²) in [5.41, 5.74) is 2.62. The van der Waals surface area contributed by atoms with Crippen molar-refractivity contribution in [1.29, 1.82) is 0 Å². The number of carbonyl (C=O) groups is 2. The van der Waals surface area contributed by atoms with Crippen LogP contribution >= 0.6 is 11.8 Å². The number of nitrogens with zero attached hydrogens (tertiary/aromatic N) is 1. The third kappa shape index (κ3) is 4.58. The minimum Gasteiger partial charge on any atom is -0.508 e. The van der Waals surface area contributed by atoms with Gasteiger partial charge in [0, 0.05) is 23.5 Å². The summed E-state index contributed by atoms with van der Waals surface area (Å²) in [6, 6.07) is 13.0. The number of carbonyl (C=O) groups excluding carboxylic acids is 2. The third-order valence-electron chi connectivity index (χ3n) is 5.84. The van der Waals surface area contributed by atoms with Crippen LogP contribution in [0.25, 0.3) is 0 Å². The second-order valence-electron chi connectivity index (χ2n) is 7.90. The summed E-state index contributed by atoms with van der Waals surface area (Å²) in [6.07, 6.45) is 4.13. The van der Waals surface area contributed by atoms with E-state index in [1.54, 1.807) is 12.1 Å². The Kier molecular flexibility index (Phi) is 5.81. The van der Waals surface area contributed by atoms with Gasteiger partial charge in [-0.1, -0.05) is 12.1 Å². The van der Waals surface area contributed by atoms with E-state index in [-0.39, 0.29) is 17.1 Å². The molecule has 2 aromatic carbocycles. The number of likely N-dealkylation sites (tertiary alicyclic amines) is 1. The number of nitrogens with one attached hydrogen (secondary N) is 1. The number of benzene rings is 2. The maximum absolute atomic E-state index is 12.9. The van der Waals surface area contributed by atoms with Crippen LogP contribution in [0.4, 0.5) is 5.69 Å². The number of piperidine rings is 1. The zero-order valence-corrected chi connectivity index (χ0v) is 17.4. The first-order valence-corrected chi connectivity index (χ1v) is 11.1. The topological polar surface area (TPSA) is 69.6 Å². The molecule has 2 aromatic rings. The van der Waals surface area contributed by atoms with Crippen molar-refractivity contribution >= 4 is 29.3 Å². The van der Waals surface area contributed by atoms with Gasteiger partial charge in [0.2, 0.25) is 5.91 Å². The van der Waals surface area contributed by atoms with Crippen LogP contribution in [0.2, 0.25) is 0 Å². The average Bonchev–Trinajstić information content (AvgIpc) is 2.74. The molecule has 0 spiro atoms. The molecule has 29 heavy (non-hydrogen) atoms. The van der Waals surface area contributed by atoms with E-state index in [9.17, 15) is 14.7 Å². The molecule has 1 fully saturated rings. The molecular weight excluding hydrogens is 384 g/mol. The number of hydrogen-bond acceptors (Lipinski definition) is 4. The molecule has 2 amide bonds. The van der Waals surface area contributed by atoms with Crippen molar-refractivity contribution < 1.29 is 14.7 Å². The summed E-state index contributed by atoms with van der Waals surface area (Å²) in [5.74, 6) is 0.952. The van der Waals surface area contributed by atoms with E-state index in [0.717, 1.165) is 49.4 Å². The van der Waals surface area contributed by atoms with E-state index in [2.05, 4.69) is 5.32 Å². The largest absolute Gasteiger partial charge is 0.508 e. The van der Waals surface area contributed by atoms with E-state index >= 15 is 0 Å². The second kappa shape index (κ2) is 8.49. The molecule has 4 rings (SSSR count). The van der Waals surface area contributed by atoms with Crippen LogP contribution in [0, 0.1) is 5.92 Å². The number of phenols is 1. The smallest absolute Gasteiger partial charge is 0.253 e. The van der Waals surface area contributed by atoms with Crippen LogP contribution in [0.1, 0.15) is 42.1 Å². The highest BCUT2D eigenvalue weighted by Gasteiger charge is 2.26. The number of amides is 2. The quantitative estimate of drug-likeness (QED) is 0.788. The Morgan fingerprint density at radius 3 is 2.62 bits per heavy atom. The van der Waals surface area contributed by atoms with Gasteiger partial charge >= 0.3 is 0 Å². The number of phenolic OH excluding ortho intramolecular Hbond substituents is 1. The van der Waals surface area contributed by atoms with E-state index in [0.29, 0.717) is 17.2 Å². The van der Waals surface area contributed by atoms with Crippen LogP contribution < -0.4 is 5.32 Å². The number of fused-ring (bicyclic) bond motifs is 1. The lowest BCUT2D eigenvalue weighted by molar-refractivity contribution is -0.115. The molecule has 0 radical (unpaired) electrons. The lowest BCUT2D eigenvalue weighted by Crippen LogP contribution is -2.38. The number of rotatable bonds is 4. The van der Waals surface area contributed by atoms with Crippen molar-refractivity contribution in [2.24, 2.45) is 5.92 Å². The zero-order chi connectivity index (χ0) is 20.4. The fourth-order valence-electron chi connectivity index (χ4n) is 3.98. The molecule has 1 atom stereocenters. The first kappa shape index (κ1) is 19.8. The van der Waals surface area contributed by atoms with Gasteiger partial charge in [-0.15, -0.1) is 11.8 Å². The maximum atomic E-state index is 12.9. The highest BCUT2D eigenvalue weighted by molar-refractivity contribution is 8.00. The molecule has 152 valence electrons. The van der Waals surface area contributed by atoms with E-state index < -0.39 is 0 Å². The Labute approximate surface area is 175 Å². The first-order chi connectivity index (χ1) is 14.0. The number of thioether (sulfide) groups is 1. The van der Waals surface area contributed by atoms with Crippen molar-refractivity contribution in [2.45, 2.75) is 42.8 Å². The standard InChI is InChI=1S/C23H26N2O3S/c1-15-22(27)24-20-14-18(6-9-21(20)29-15)23(28)25-12-10-17(11-13-25)3-2-16-4-7-19(26)8-5-16/h4-9,14-15,17,26H,2-3,10-13H2,1H3,(H,24,27)/t15-/m0/s1. The zero-order valence-electron chi connectivity index (χ0n) is 16.6. The molecule has 2 N–H and O–H groups in total. The Balaban J connectivity index is 1.31. The van der Waals surface area contributed by atoms with Gasteiger partial charge in [0.25, 0.3) is 5.91 Å². The molecule has 2 heterocycles. The predicted molar refractivity (Wildman–Crippen MR) is 115 cm³/mol. The van der Waals surface area contributed by atoms with Gasteiger partial charge in [-0.05, 0) is 74.4 Å². The van der Waals surface area contributed by atoms with E-state index in [4.69, 9.17) is 0 Å². The number of hydrogen-bond donors (Lipinski definition) is 2. The van der Waals surface area contributed by atoms with Crippen LogP contribution in [0.15, 0.2) is 47.4 Å². The van der Waals surface area contributed by atoms with E-state index in [1.807, 2.05) is 42.2 Å². The van der Waals surface area contributed by atoms with Crippen LogP contribution in [-0.4, -0.2) is 40.2 Å². The molecular formula is C23H26N2O3S. The van der Waals surface area contributed by atoms with Gasteiger partial charge in [-0.25, -0.2) is 0 Å². The first-order valence-electron chi connectivity index (χ1n) is 10.2. The Bertz CT molecular complexity index is 905. The molecule has 0 unspecified atom stereocenters. The SMILES string of the molecule is C[C@@H]1Sc2ccc(C(=O)N3CCC(CCc4ccc(O)cc4)CC3)cc2NC1=O. The summed E-state index contributed by atoms with van der Waals surface area (Å²) < 4.78 is 0. The minimum absolute atomic E-state index is 0.0125. The van der Waals surface area contributed by atoms with Crippen molar-refractivity contribution in [1.82, 2.24) is 4.90 Å². The highest BCUT2D eigenvalue weighted by atomic mass is 32.2. The highest BCUT2D eigenvalue weighted by Crippen LogP contribution is 2.36. The lowest BCUT2D eigenvalue weighted by Gasteiger charge is -2.32. The fourth-order valence-corrected chi connectivity index (χ4v) is 4.91. The van der Waals surface area contributed by atoms with Gasteiger partial charge in [0.05, 0.1) is 10.9 Å². The summed E-state index contributed by atoms with van der Waals surface area (Å²) in [5, 5.41) is 12.2. The fraction of sp³-hybridized carbons (Fsp3) is 0.391. The predicted octanol–water partition coefficient (Wildman–Crippen LogP) is 4.31. The second-order valence-corrected chi connectivity index (χ2v) is 9.28. The summed E-state index contributed by atoms with van der Waals surface area (Å²) in [6.45, 7) is 3.43. The number of aromatic hydroxyl groups is 1. The van der Waals surface area contributed by atoms with Crippen molar-refractivity contribution in [2.75, 3.05) is 18.4 Å². The molecule has 0 saturated carbocycles. The molecule has 2 aliphatic heterocycles. The third-order valence-corrected chi connectivity index (χ3v) is 7.01.